The Balaban J connectivity index is 2.09. The van der Waals surface area contributed by atoms with Crippen molar-refractivity contribution in [1.82, 2.24) is 14.8 Å². The molecule has 0 atom stereocenters. The Morgan fingerprint density at radius 2 is 1.61 bits per heavy atom. The van der Waals surface area contributed by atoms with Crippen LogP contribution in [0.1, 0.15) is 5.82 Å². The van der Waals surface area contributed by atoms with Gasteiger partial charge in [-0.05, 0) is 55.5 Å². The number of nitrogens with zero attached hydrogens (tertiary/aromatic N) is 3. The van der Waals surface area contributed by atoms with Crippen molar-refractivity contribution in [2.75, 3.05) is 6.26 Å². The van der Waals surface area contributed by atoms with Gasteiger partial charge in [-0.25, -0.2) is 22.5 Å². The van der Waals surface area contributed by atoms with Gasteiger partial charge in [0.05, 0.1) is 10.6 Å². The maximum absolute atomic E-state index is 13.1. The average Bonchev–Trinajstić information content (AvgIpc) is 2.89. The molecule has 0 saturated carbocycles. The molecule has 2 aromatic carbocycles. The van der Waals surface area contributed by atoms with Crippen molar-refractivity contribution in [2.45, 2.75) is 11.8 Å². The lowest BCUT2D eigenvalue weighted by Gasteiger charge is -2.06. The summed E-state index contributed by atoms with van der Waals surface area (Å²) in [4.78, 5) is 4.62. The van der Waals surface area contributed by atoms with E-state index in [2.05, 4.69) is 10.1 Å². The second kappa shape index (κ2) is 5.58. The molecule has 118 valence electrons. The number of hydrogen-bond donors (Lipinski definition) is 0. The summed E-state index contributed by atoms with van der Waals surface area (Å²) in [6.07, 6.45) is 1.16. The predicted molar refractivity (Wildman–Crippen MR) is 84.6 cm³/mol. The van der Waals surface area contributed by atoms with Crippen molar-refractivity contribution < 1.29 is 12.8 Å². The molecule has 0 radical (unpaired) electrons. The van der Waals surface area contributed by atoms with Crippen LogP contribution in [0.2, 0.25) is 0 Å². The van der Waals surface area contributed by atoms with Crippen LogP contribution in [0.25, 0.3) is 17.1 Å². The maximum atomic E-state index is 13.1. The van der Waals surface area contributed by atoms with E-state index in [0.29, 0.717) is 17.3 Å². The number of halogens is 1. The number of hydrogen-bond acceptors (Lipinski definition) is 4. The second-order valence-electron chi connectivity index (χ2n) is 5.17. The summed E-state index contributed by atoms with van der Waals surface area (Å²) < 4.78 is 37.8. The third kappa shape index (κ3) is 3.14. The minimum atomic E-state index is -3.25. The Morgan fingerprint density at radius 3 is 2.17 bits per heavy atom. The summed E-state index contributed by atoms with van der Waals surface area (Å²) in [7, 11) is -3.25. The molecule has 0 aliphatic rings. The van der Waals surface area contributed by atoms with Gasteiger partial charge in [0.25, 0.3) is 0 Å². The van der Waals surface area contributed by atoms with Gasteiger partial charge in [-0.2, -0.15) is 5.10 Å². The van der Waals surface area contributed by atoms with Gasteiger partial charge in [0, 0.05) is 11.8 Å². The van der Waals surface area contributed by atoms with Crippen molar-refractivity contribution in [1.29, 1.82) is 0 Å². The molecule has 23 heavy (non-hydrogen) atoms. The summed E-state index contributed by atoms with van der Waals surface area (Å²) in [5.41, 5.74) is 1.40. The number of aromatic nitrogens is 3. The van der Waals surface area contributed by atoms with E-state index in [1.165, 1.54) is 24.3 Å². The highest BCUT2D eigenvalue weighted by atomic mass is 32.2. The van der Waals surface area contributed by atoms with Crippen LogP contribution in [0.5, 0.6) is 0 Å². The van der Waals surface area contributed by atoms with E-state index in [1.807, 2.05) is 0 Å². The fraction of sp³-hybridized carbons (Fsp3) is 0.125. The normalized spacial score (nSPS) is 11.6. The van der Waals surface area contributed by atoms with Crippen LogP contribution >= 0.6 is 0 Å². The lowest BCUT2D eigenvalue weighted by Crippen LogP contribution is -2.01. The molecule has 1 heterocycles. The van der Waals surface area contributed by atoms with Crippen LogP contribution in [0.3, 0.4) is 0 Å². The van der Waals surface area contributed by atoms with Gasteiger partial charge >= 0.3 is 0 Å². The molecule has 0 N–H and O–H groups in total. The molecule has 1 aromatic heterocycles. The van der Waals surface area contributed by atoms with Gasteiger partial charge in [0.15, 0.2) is 15.7 Å². The molecule has 3 rings (SSSR count). The highest BCUT2D eigenvalue weighted by Crippen LogP contribution is 2.23. The van der Waals surface area contributed by atoms with Crippen LogP contribution in [0, 0.1) is 12.7 Å². The van der Waals surface area contributed by atoms with E-state index in [0.717, 1.165) is 11.8 Å². The van der Waals surface area contributed by atoms with Crippen LogP contribution in [-0.2, 0) is 9.84 Å². The molecule has 0 aliphatic carbocycles. The zero-order valence-corrected chi connectivity index (χ0v) is 13.4. The van der Waals surface area contributed by atoms with Crippen molar-refractivity contribution in [3.8, 4) is 17.1 Å². The first kappa shape index (κ1) is 15.4. The van der Waals surface area contributed by atoms with E-state index in [4.69, 9.17) is 0 Å². The number of benzene rings is 2. The fourth-order valence-corrected chi connectivity index (χ4v) is 2.85. The molecule has 0 amide bonds. The smallest absolute Gasteiger partial charge is 0.175 e. The quantitative estimate of drug-likeness (QED) is 0.740. The first-order valence-corrected chi connectivity index (χ1v) is 8.74. The number of rotatable bonds is 3. The van der Waals surface area contributed by atoms with Gasteiger partial charge in [-0.15, -0.1) is 0 Å². The molecule has 0 saturated heterocycles. The molecular formula is C16H14FN3O2S. The largest absolute Gasteiger partial charge is 0.224 e. The van der Waals surface area contributed by atoms with Crippen molar-refractivity contribution >= 4 is 9.84 Å². The highest BCUT2D eigenvalue weighted by Gasteiger charge is 2.13. The minimum Gasteiger partial charge on any atom is -0.224 e. The van der Waals surface area contributed by atoms with Gasteiger partial charge < -0.3 is 0 Å². The van der Waals surface area contributed by atoms with Gasteiger partial charge in [0.1, 0.15) is 11.6 Å². The number of sulfone groups is 1. The Kier molecular flexibility index (Phi) is 3.73. The average molecular weight is 331 g/mol. The van der Waals surface area contributed by atoms with E-state index in [-0.39, 0.29) is 10.7 Å². The summed E-state index contributed by atoms with van der Waals surface area (Å²) >= 11 is 0. The third-order valence-electron chi connectivity index (χ3n) is 3.32. The van der Waals surface area contributed by atoms with Gasteiger partial charge in [-0.1, -0.05) is 0 Å². The molecule has 0 aliphatic heterocycles. The Morgan fingerprint density at radius 1 is 1.00 bits per heavy atom. The van der Waals surface area contributed by atoms with Crippen LogP contribution in [-0.4, -0.2) is 29.4 Å². The lowest BCUT2D eigenvalue weighted by atomic mass is 10.2. The molecule has 5 nitrogen and oxygen atoms in total. The van der Waals surface area contributed by atoms with Crippen LogP contribution in [0.15, 0.2) is 53.4 Å². The zero-order chi connectivity index (χ0) is 16.6. The van der Waals surface area contributed by atoms with Gasteiger partial charge in [-0.3, -0.25) is 0 Å². The van der Waals surface area contributed by atoms with Crippen molar-refractivity contribution in [2.24, 2.45) is 0 Å². The molecule has 3 aromatic rings. The molecular weight excluding hydrogens is 317 g/mol. The summed E-state index contributed by atoms with van der Waals surface area (Å²) in [5.74, 6) is 0.801. The molecule has 0 unspecified atom stereocenters. The number of aryl methyl sites for hydroxylation is 1. The fourth-order valence-electron chi connectivity index (χ4n) is 2.22. The third-order valence-corrected chi connectivity index (χ3v) is 4.45. The monoisotopic (exact) mass is 331 g/mol. The Hall–Kier alpha value is -2.54. The Labute approximate surface area is 133 Å². The topological polar surface area (TPSA) is 64.8 Å². The van der Waals surface area contributed by atoms with Crippen LogP contribution < -0.4 is 0 Å². The van der Waals surface area contributed by atoms with E-state index in [1.54, 1.807) is 35.9 Å². The minimum absolute atomic E-state index is 0.241. The first-order valence-electron chi connectivity index (χ1n) is 6.85. The van der Waals surface area contributed by atoms with E-state index < -0.39 is 9.84 Å². The van der Waals surface area contributed by atoms with Crippen LogP contribution in [0.4, 0.5) is 4.39 Å². The zero-order valence-electron chi connectivity index (χ0n) is 12.6. The summed E-state index contributed by atoms with van der Waals surface area (Å²) in [6.45, 7) is 1.76. The molecule has 0 fully saturated rings. The van der Waals surface area contributed by atoms with Crippen molar-refractivity contribution in [3.05, 3.63) is 60.2 Å². The van der Waals surface area contributed by atoms with Gasteiger partial charge in [0.2, 0.25) is 0 Å². The molecule has 0 spiro atoms. The van der Waals surface area contributed by atoms with Crippen molar-refractivity contribution in [3.63, 3.8) is 0 Å². The SMILES string of the molecule is Cc1nc(-c2ccc(S(C)(=O)=O)cc2)n(-c2ccc(F)cc2)n1. The highest BCUT2D eigenvalue weighted by molar-refractivity contribution is 7.90. The predicted octanol–water partition coefficient (Wildman–Crippen LogP) is 2.79. The lowest BCUT2D eigenvalue weighted by molar-refractivity contribution is 0.602. The summed E-state index contributed by atoms with van der Waals surface area (Å²) in [6, 6.07) is 12.3. The molecule has 7 heteroatoms. The van der Waals surface area contributed by atoms with E-state index >= 15 is 0 Å². The molecule has 0 bridgehead atoms. The second-order valence-corrected chi connectivity index (χ2v) is 7.18. The van der Waals surface area contributed by atoms with E-state index in [9.17, 15) is 12.8 Å². The standard InChI is InChI=1S/C16H14FN3O2S/c1-11-18-16(12-3-9-15(10-4-12)23(2,21)22)20(19-11)14-7-5-13(17)6-8-14/h3-10H,1-2H3. The first-order chi connectivity index (χ1) is 10.8. The summed E-state index contributed by atoms with van der Waals surface area (Å²) in [5, 5.41) is 4.32. The maximum Gasteiger partial charge on any atom is 0.175 e. The Bertz CT molecular complexity index is 946.